The molecule has 54 valence electrons. The van der Waals surface area contributed by atoms with Crippen LogP contribution in [0.25, 0.3) is 0 Å². The molecule has 9 heavy (non-hydrogen) atoms. The predicted octanol–water partition coefficient (Wildman–Crippen LogP) is 1.41. The first kappa shape index (κ1) is 8.50. The number of unbranched alkanes of at least 4 members (excludes halogenated alkanes) is 1. The third kappa shape index (κ3) is 5.37. The van der Waals surface area contributed by atoms with Gasteiger partial charge in [-0.3, -0.25) is 0 Å². The number of hydrogen-bond acceptors (Lipinski definition) is 2. The summed E-state index contributed by atoms with van der Waals surface area (Å²) < 4.78 is 0. The first-order chi connectivity index (χ1) is 4.31. The minimum Gasteiger partial charge on any atom is -0.326 e. The zero-order chi connectivity index (χ0) is 7.11. The fraction of sp³-hybridized carbons (Fsp3) is 0.714. The predicted molar refractivity (Wildman–Crippen MR) is 40.9 cm³/mol. The first-order valence-electron chi connectivity index (χ1n) is 3.40. The number of nitrogens with one attached hydrogen (secondary N) is 2. The number of hydrogen-bond donors (Lipinski definition) is 2. The van der Waals surface area contributed by atoms with Crippen molar-refractivity contribution in [1.82, 2.24) is 10.9 Å². The van der Waals surface area contributed by atoms with Crippen LogP contribution < -0.4 is 10.9 Å². The molecule has 0 heterocycles. The van der Waals surface area contributed by atoms with Crippen molar-refractivity contribution in [3.63, 3.8) is 0 Å². The molecular formula is C7H16N2. The number of rotatable bonds is 4. The van der Waals surface area contributed by atoms with E-state index in [0.29, 0.717) is 0 Å². The van der Waals surface area contributed by atoms with Crippen molar-refractivity contribution in [2.45, 2.75) is 26.7 Å². The van der Waals surface area contributed by atoms with Gasteiger partial charge in [-0.15, -0.1) is 0 Å². The van der Waals surface area contributed by atoms with Gasteiger partial charge in [0.25, 0.3) is 0 Å². The average molecular weight is 128 g/mol. The van der Waals surface area contributed by atoms with E-state index in [1.54, 1.807) is 0 Å². The Balaban J connectivity index is 3.30. The Hall–Kier alpha value is -0.500. The van der Waals surface area contributed by atoms with Crippen LogP contribution in [-0.2, 0) is 0 Å². The lowest BCUT2D eigenvalue weighted by atomic mass is 10.3. The third-order valence-corrected chi connectivity index (χ3v) is 1.06. The Labute approximate surface area is 57.3 Å². The van der Waals surface area contributed by atoms with Gasteiger partial charge < -0.3 is 5.43 Å². The summed E-state index contributed by atoms with van der Waals surface area (Å²) in [7, 11) is 1.86. The topological polar surface area (TPSA) is 24.1 Å². The fourth-order valence-electron chi connectivity index (χ4n) is 0.609. The molecule has 0 aliphatic carbocycles. The molecule has 0 amide bonds. The van der Waals surface area contributed by atoms with Crippen LogP contribution in [0.4, 0.5) is 0 Å². The number of hydrazine groups is 1. The summed E-state index contributed by atoms with van der Waals surface area (Å²) in [5.74, 6) is 0. The van der Waals surface area contributed by atoms with E-state index >= 15 is 0 Å². The Kier molecular flexibility index (Phi) is 5.32. The van der Waals surface area contributed by atoms with Crippen LogP contribution in [0.5, 0.6) is 0 Å². The van der Waals surface area contributed by atoms with E-state index in [-0.39, 0.29) is 0 Å². The third-order valence-electron chi connectivity index (χ3n) is 1.06. The van der Waals surface area contributed by atoms with Crippen molar-refractivity contribution in [3.05, 3.63) is 11.8 Å². The molecule has 0 fully saturated rings. The molecule has 0 rings (SSSR count). The number of allylic oxidation sites excluding steroid dienone is 2. The molecule has 2 nitrogen and oxygen atoms in total. The summed E-state index contributed by atoms with van der Waals surface area (Å²) in [6.45, 7) is 4.22. The average Bonchev–Trinajstić information content (AvgIpc) is 1.85. The lowest BCUT2D eigenvalue weighted by Crippen LogP contribution is -2.25. The second kappa shape index (κ2) is 5.63. The van der Waals surface area contributed by atoms with E-state index in [0.717, 1.165) is 6.42 Å². The van der Waals surface area contributed by atoms with Gasteiger partial charge in [-0.05, 0) is 13.3 Å². The van der Waals surface area contributed by atoms with Crippen molar-refractivity contribution < 1.29 is 0 Å². The van der Waals surface area contributed by atoms with E-state index in [1.165, 1.54) is 12.1 Å². The van der Waals surface area contributed by atoms with E-state index in [2.05, 4.69) is 23.9 Å². The standard InChI is InChI=1S/C7H16N2/c1-4-5-6-7(2)9-8-3/h6,8-9H,4-5H2,1-3H3/b7-6+. The minimum absolute atomic E-state index is 1.15. The molecule has 0 aromatic rings. The zero-order valence-electron chi connectivity index (χ0n) is 6.49. The summed E-state index contributed by atoms with van der Waals surface area (Å²) in [5.41, 5.74) is 7.04. The normalized spacial score (nSPS) is 11.7. The zero-order valence-corrected chi connectivity index (χ0v) is 6.49. The summed E-state index contributed by atoms with van der Waals surface area (Å²) in [6, 6.07) is 0. The Morgan fingerprint density at radius 3 is 2.67 bits per heavy atom. The molecule has 0 aliphatic heterocycles. The Morgan fingerprint density at radius 1 is 1.56 bits per heavy atom. The lowest BCUT2D eigenvalue weighted by molar-refractivity contribution is 0.684. The molecule has 0 aliphatic rings. The highest BCUT2D eigenvalue weighted by Gasteiger charge is 1.80. The van der Waals surface area contributed by atoms with Gasteiger partial charge in [-0.1, -0.05) is 19.4 Å². The summed E-state index contributed by atoms with van der Waals surface area (Å²) >= 11 is 0. The van der Waals surface area contributed by atoms with Crippen LogP contribution in [0.2, 0.25) is 0 Å². The molecule has 0 radical (unpaired) electrons. The van der Waals surface area contributed by atoms with Crippen molar-refractivity contribution in [3.8, 4) is 0 Å². The minimum atomic E-state index is 1.15. The van der Waals surface area contributed by atoms with E-state index < -0.39 is 0 Å². The van der Waals surface area contributed by atoms with Crippen molar-refractivity contribution in [2.24, 2.45) is 0 Å². The van der Waals surface area contributed by atoms with Gasteiger partial charge in [0.1, 0.15) is 0 Å². The van der Waals surface area contributed by atoms with Gasteiger partial charge in [-0.2, -0.15) is 0 Å². The van der Waals surface area contributed by atoms with Crippen LogP contribution in [-0.4, -0.2) is 7.05 Å². The second-order valence-electron chi connectivity index (χ2n) is 2.05. The highest BCUT2D eigenvalue weighted by Crippen LogP contribution is 1.92. The first-order valence-corrected chi connectivity index (χ1v) is 3.40. The van der Waals surface area contributed by atoms with Crippen LogP contribution in [0.1, 0.15) is 26.7 Å². The van der Waals surface area contributed by atoms with Crippen LogP contribution in [0.15, 0.2) is 11.8 Å². The van der Waals surface area contributed by atoms with Crippen LogP contribution in [0, 0.1) is 0 Å². The quantitative estimate of drug-likeness (QED) is 0.559. The highest BCUT2D eigenvalue weighted by atomic mass is 15.3. The fourth-order valence-corrected chi connectivity index (χ4v) is 0.609. The highest BCUT2D eigenvalue weighted by molar-refractivity contribution is 4.92. The monoisotopic (exact) mass is 128 g/mol. The van der Waals surface area contributed by atoms with E-state index in [1.807, 2.05) is 14.0 Å². The Bertz CT molecular complexity index is 86.9. The molecular weight excluding hydrogens is 112 g/mol. The van der Waals surface area contributed by atoms with E-state index in [9.17, 15) is 0 Å². The summed E-state index contributed by atoms with van der Waals surface area (Å²) in [4.78, 5) is 0. The van der Waals surface area contributed by atoms with Gasteiger partial charge in [0.05, 0.1) is 0 Å². The molecule has 0 bridgehead atoms. The van der Waals surface area contributed by atoms with Crippen LogP contribution in [0.3, 0.4) is 0 Å². The van der Waals surface area contributed by atoms with Crippen molar-refractivity contribution in [2.75, 3.05) is 7.05 Å². The van der Waals surface area contributed by atoms with E-state index in [4.69, 9.17) is 0 Å². The molecule has 0 atom stereocenters. The largest absolute Gasteiger partial charge is 0.326 e. The Morgan fingerprint density at radius 2 is 2.22 bits per heavy atom. The maximum absolute atomic E-state index is 2.99. The molecule has 0 saturated carbocycles. The molecule has 0 aromatic carbocycles. The molecule has 0 aromatic heterocycles. The van der Waals surface area contributed by atoms with Crippen LogP contribution >= 0.6 is 0 Å². The SMILES string of the molecule is CCC/C=C(\C)NNC. The maximum Gasteiger partial charge on any atom is 0.0190 e. The smallest absolute Gasteiger partial charge is 0.0190 e. The van der Waals surface area contributed by atoms with Crippen molar-refractivity contribution >= 4 is 0 Å². The summed E-state index contributed by atoms with van der Waals surface area (Å²) in [5, 5.41) is 0. The molecule has 2 N–H and O–H groups in total. The second-order valence-corrected chi connectivity index (χ2v) is 2.05. The molecule has 0 spiro atoms. The molecule has 0 unspecified atom stereocenters. The van der Waals surface area contributed by atoms with Gasteiger partial charge >= 0.3 is 0 Å². The maximum atomic E-state index is 2.99. The molecule has 2 heteroatoms. The van der Waals surface area contributed by atoms with Crippen molar-refractivity contribution in [1.29, 1.82) is 0 Å². The summed E-state index contributed by atoms with van der Waals surface area (Å²) in [6.07, 6.45) is 4.54. The van der Waals surface area contributed by atoms with Gasteiger partial charge in [0, 0.05) is 12.7 Å². The van der Waals surface area contributed by atoms with Gasteiger partial charge in [0.15, 0.2) is 0 Å². The lowest BCUT2D eigenvalue weighted by Gasteiger charge is -2.01. The molecule has 0 saturated heterocycles. The van der Waals surface area contributed by atoms with Gasteiger partial charge in [-0.25, -0.2) is 5.43 Å². The van der Waals surface area contributed by atoms with Gasteiger partial charge in [0.2, 0.25) is 0 Å².